The number of halogens is 1. The number of rotatable bonds is 9. The largest absolute Gasteiger partial charge is 0.354 e. The van der Waals surface area contributed by atoms with Gasteiger partial charge in [0.2, 0.25) is 11.8 Å². The Kier molecular flexibility index (Phi) is 8.52. The third-order valence-electron chi connectivity index (χ3n) is 4.73. The Morgan fingerprint density at radius 2 is 1.89 bits per heavy atom. The summed E-state index contributed by atoms with van der Waals surface area (Å²) in [6.07, 6.45) is 2.09. The molecule has 0 aliphatic carbocycles. The molecule has 0 aromatic heterocycles. The number of hydrogen-bond donors (Lipinski definition) is 1. The molecule has 1 N–H and O–H groups in total. The van der Waals surface area contributed by atoms with Crippen molar-refractivity contribution in [3.63, 3.8) is 0 Å². The third-order valence-corrected chi connectivity index (χ3v) is 5.10. The first kappa shape index (κ1) is 22.0. The molecule has 5 heteroatoms. The van der Waals surface area contributed by atoms with Gasteiger partial charge >= 0.3 is 0 Å². The molecule has 28 heavy (non-hydrogen) atoms. The van der Waals surface area contributed by atoms with Crippen LogP contribution in [0, 0.1) is 6.92 Å². The van der Waals surface area contributed by atoms with E-state index in [9.17, 15) is 9.59 Å². The summed E-state index contributed by atoms with van der Waals surface area (Å²) in [5, 5.41) is 3.49. The first-order chi connectivity index (χ1) is 13.4. The maximum atomic E-state index is 13.1. The van der Waals surface area contributed by atoms with Gasteiger partial charge in [0.05, 0.1) is 6.42 Å². The van der Waals surface area contributed by atoms with Gasteiger partial charge < -0.3 is 10.2 Å². The maximum Gasteiger partial charge on any atom is 0.242 e. The summed E-state index contributed by atoms with van der Waals surface area (Å²) in [5.74, 6) is -0.249. The number of unbranched alkanes of at least 4 members (excludes halogenated alkanes) is 1. The second-order valence-electron chi connectivity index (χ2n) is 7.10. The minimum absolute atomic E-state index is 0.118. The predicted octanol–water partition coefficient (Wildman–Crippen LogP) is 4.52. The van der Waals surface area contributed by atoms with E-state index in [4.69, 9.17) is 11.6 Å². The molecular weight excluding hydrogens is 372 g/mol. The zero-order chi connectivity index (χ0) is 20.5. The average molecular weight is 401 g/mol. The smallest absolute Gasteiger partial charge is 0.242 e. The molecule has 0 saturated heterocycles. The van der Waals surface area contributed by atoms with Gasteiger partial charge in [-0.1, -0.05) is 73.0 Å². The van der Waals surface area contributed by atoms with Crippen LogP contribution in [0.2, 0.25) is 5.02 Å². The van der Waals surface area contributed by atoms with Crippen LogP contribution >= 0.6 is 11.6 Å². The molecule has 0 fully saturated rings. The van der Waals surface area contributed by atoms with E-state index in [0.29, 0.717) is 18.1 Å². The summed E-state index contributed by atoms with van der Waals surface area (Å²) >= 11 is 6.23. The Hall–Kier alpha value is -2.33. The quantitative estimate of drug-likeness (QED) is 0.629. The second kappa shape index (κ2) is 10.9. The molecule has 0 aliphatic rings. The van der Waals surface area contributed by atoms with Crippen molar-refractivity contribution in [3.8, 4) is 0 Å². The maximum absolute atomic E-state index is 13.1. The first-order valence-corrected chi connectivity index (χ1v) is 10.2. The molecule has 0 bridgehead atoms. The molecule has 150 valence electrons. The lowest BCUT2D eigenvalue weighted by Crippen LogP contribution is -2.48. The zero-order valence-corrected chi connectivity index (χ0v) is 17.6. The molecule has 0 saturated carbocycles. The topological polar surface area (TPSA) is 49.4 Å². The lowest BCUT2D eigenvalue weighted by molar-refractivity contribution is -0.140. The molecule has 2 aromatic rings. The van der Waals surface area contributed by atoms with E-state index >= 15 is 0 Å². The Labute approximate surface area is 172 Å². The molecule has 4 nitrogen and oxygen atoms in total. The van der Waals surface area contributed by atoms with Crippen molar-refractivity contribution in [3.05, 3.63) is 70.2 Å². The van der Waals surface area contributed by atoms with E-state index in [-0.39, 0.29) is 18.2 Å². The van der Waals surface area contributed by atoms with Gasteiger partial charge in [-0.05, 0) is 37.5 Å². The number of carbonyl (C=O) groups excluding carboxylic acids is 2. The summed E-state index contributed by atoms with van der Waals surface area (Å²) in [6.45, 7) is 6.87. The minimum atomic E-state index is -0.563. The molecule has 0 heterocycles. The molecule has 2 rings (SSSR count). The van der Waals surface area contributed by atoms with Crippen LogP contribution in [-0.4, -0.2) is 29.3 Å². The summed E-state index contributed by atoms with van der Waals surface area (Å²) < 4.78 is 0. The predicted molar refractivity (Wildman–Crippen MR) is 114 cm³/mol. The zero-order valence-electron chi connectivity index (χ0n) is 16.9. The number of nitrogens with zero attached hydrogens (tertiary/aromatic N) is 1. The standard InChI is InChI=1S/C23H29ClN2O2/c1-4-5-13-25-23(28)18(3)26(16-19-10-8-9-17(2)14-19)22(27)15-20-11-6-7-12-21(20)24/h6-12,14,18H,4-5,13,15-16H2,1-3H3,(H,25,28)/t18-/m0/s1. The van der Waals surface area contributed by atoms with Crippen molar-refractivity contribution in [1.82, 2.24) is 10.2 Å². The summed E-state index contributed by atoms with van der Waals surface area (Å²) in [4.78, 5) is 27.4. The van der Waals surface area contributed by atoms with Crippen LogP contribution in [0.5, 0.6) is 0 Å². The summed E-state index contributed by atoms with van der Waals surface area (Å²) in [5.41, 5.74) is 2.89. The molecule has 2 amide bonds. The molecule has 1 atom stereocenters. The van der Waals surface area contributed by atoms with E-state index in [0.717, 1.165) is 29.5 Å². The van der Waals surface area contributed by atoms with Crippen molar-refractivity contribution >= 4 is 23.4 Å². The Bertz CT molecular complexity index is 807. The number of hydrogen-bond acceptors (Lipinski definition) is 2. The number of nitrogens with one attached hydrogen (secondary N) is 1. The fraction of sp³-hybridized carbons (Fsp3) is 0.391. The van der Waals surface area contributed by atoms with Gasteiger partial charge in [0, 0.05) is 18.1 Å². The van der Waals surface area contributed by atoms with Crippen molar-refractivity contribution in [2.75, 3.05) is 6.54 Å². The second-order valence-corrected chi connectivity index (χ2v) is 7.51. The number of amides is 2. The van der Waals surface area contributed by atoms with E-state index in [2.05, 4.69) is 12.2 Å². The van der Waals surface area contributed by atoms with Crippen LogP contribution in [0.15, 0.2) is 48.5 Å². The van der Waals surface area contributed by atoms with Gasteiger partial charge in [0.25, 0.3) is 0 Å². The van der Waals surface area contributed by atoms with Crippen molar-refractivity contribution < 1.29 is 9.59 Å². The Morgan fingerprint density at radius 1 is 1.14 bits per heavy atom. The number of carbonyl (C=O) groups is 2. The third kappa shape index (κ3) is 6.38. The molecule has 0 radical (unpaired) electrons. The van der Waals surface area contributed by atoms with Gasteiger partial charge in [-0.3, -0.25) is 9.59 Å². The monoisotopic (exact) mass is 400 g/mol. The molecule has 0 aliphatic heterocycles. The van der Waals surface area contributed by atoms with E-state index < -0.39 is 6.04 Å². The highest BCUT2D eigenvalue weighted by molar-refractivity contribution is 6.31. The van der Waals surface area contributed by atoms with Gasteiger partial charge in [-0.2, -0.15) is 0 Å². The van der Waals surface area contributed by atoms with Crippen LogP contribution in [-0.2, 0) is 22.6 Å². The lowest BCUT2D eigenvalue weighted by atomic mass is 10.1. The van der Waals surface area contributed by atoms with Gasteiger partial charge in [0.15, 0.2) is 0 Å². The van der Waals surface area contributed by atoms with Crippen LogP contribution < -0.4 is 5.32 Å². The Morgan fingerprint density at radius 3 is 2.57 bits per heavy atom. The summed E-state index contributed by atoms with van der Waals surface area (Å²) in [6, 6.07) is 14.8. The normalized spacial score (nSPS) is 11.7. The van der Waals surface area contributed by atoms with Crippen LogP contribution in [0.4, 0.5) is 0 Å². The van der Waals surface area contributed by atoms with Crippen molar-refractivity contribution in [2.24, 2.45) is 0 Å². The molecular formula is C23H29ClN2O2. The van der Waals surface area contributed by atoms with Crippen LogP contribution in [0.1, 0.15) is 43.4 Å². The first-order valence-electron chi connectivity index (χ1n) is 9.78. The lowest BCUT2D eigenvalue weighted by Gasteiger charge is -2.29. The molecule has 0 spiro atoms. The minimum Gasteiger partial charge on any atom is -0.354 e. The van der Waals surface area contributed by atoms with E-state index in [1.807, 2.05) is 49.4 Å². The van der Waals surface area contributed by atoms with E-state index in [1.165, 1.54) is 0 Å². The van der Waals surface area contributed by atoms with E-state index in [1.54, 1.807) is 17.9 Å². The highest BCUT2D eigenvalue weighted by atomic mass is 35.5. The molecule has 0 unspecified atom stereocenters. The van der Waals surface area contributed by atoms with Crippen LogP contribution in [0.25, 0.3) is 0 Å². The molecule has 2 aromatic carbocycles. The number of aryl methyl sites for hydroxylation is 1. The van der Waals surface area contributed by atoms with Crippen molar-refractivity contribution in [2.45, 2.75) is 52.6 Å². The summed E-state index contributed by atoms with van der Waals surface area (Å²) in [7, 11) is 0. The average Bonchev–Trinajstić information content (AvgIpc) is 2.67. The van der Waals surface area contributed by atoms with Crippen LogP contribution in [0.3, 0.4) is 0 Å². The Balaban J connectivity index is 2.20. The fourth-order valence-corrected chi connectivity index (χ4v) is 3.23. The highest BCUT2D eigenvalue weighted by Crippen LogP contribution is 2.18. The van der Waals surface area contributed by atoms with Gasteiger partial charge in [-0.15, -0.1) is 0 Å². The SMILES string of the molecule is CCCCNC(=O)[C@H](C)N(Cc1cccc(C)c1)C(=O)Cc1ccccc1Cl. The highest BCUT2D eigenvalue weighted by Gasteiger charge is 2.26. The fourth-order valence-electron chi connectivity index (χ4n) is 3.03. The van der Waals surface area contributed by atoms with Crippen molar-refractivity contribution in [1.29, 1.82) is 0 Å². The number of benzene rings is 2. The van der Waals surface area contributed by atoms with Gasteiger partial charge in [0.1, 0.15) is 6.04 Å². The van der Waals surface area contributed by atoms with Gasteiger partial charge in [-0.25, -0.2) is 0 Å².